The van der Waals surface area contributed by atoms with Crippen LogP contribution in [0, 0.1) is 0 Å². The minimum atomic E-state index is -0.262. The Hall–Kier alpha value is -3.20. The molecule has 0 radical (unpaired) electrons. The molecule has 0 spiro atoms. The largest absolute Gasteiger partial charge is 0.350 e. The normalized spacial score (nSPS) is 11.0. The second-order valence-electron chi connectivity index (χ2n) is 6.20. The molecule has 0 unspecified atom stereocenters. The van der Waals surface area contributed by atoms with Crippen LogP contribution in [0.3, 0.4) is 0 Å². The Labute approximate surface area is 168 Å². The van der Waals surface area contributed by atoms with E-state index in [2.05, 4.69) is 31.4 Å². The molecule has 3 aromatic heterocycles. The van der Waals surface area contributed by atoms with E-state index in [0.717, 1.165) is 10.0 Å². The van der Waals surface area contributed by atoms with Gasteiger partial charge < -0.3 is 5.32 Å². The molecule has 0 saturated heterocycles. The maximum Gasteiger partial charge on any atom is 0.350 e. The molecule has 1 amide bonds. The lowest BCUT2D eigenvalue weighted by Crippen LogP contribution is -2.24. The van der Waals surface area contributed by atoms with Crippen molar-refractivity contribution in [3.63, 3.8) is 0 Å². The van der Waals surface area contributed by atoms with Gasteiger partial charge in [-0.3, -0.25) is 9.20 Å². The third-order valence-corrected chi connectivity index (χ3v) is 5.07. The number of fused-ring (bicyclic) bond motifs is 1. The van der Waals surface area contributed by atoms with Crippen molar-refractivity contribution in [1.29, 1.82) is 0 Å². The lowest BCUT2D eigenvalue weighted by Gasteiger charge is -2.10. The molecule has 0 bridgehead atoms. The van der Waals surface area contributed by atoms with E-state index in [1.165, 1.54) is 9.08 Å². The van der Waals surface area contributed by atoms with E-state index in [-0.39, 0.29) is 24.6 Å². The van der Waals surface area contributed by atoms with Gasteiger partial charge in [0.15, 0.2) is 5.65 Å². The molecule has 0 fully saturated rings. The van der Waals surface area contributed by atoms with Gasteiger partial charge in [-0.05, 0) is 23.8 Å². The molecule has 0 atom stereocenters. The Bertz CT molecular complexity index is 1190. The maximum absolute atomic E-state index is 12.4. The quantitative estimate of drug-likeness (QED) is 0.499. The van der Waals surface area contributed by atoms with Crippen molar-refractivity contribution < 1.29 is 4.79 Å². The van der Waals surface area contributed by atoms with Gasteiger partial charge in [0.25, 0.3) is 0 Å². The van der Waals surface area contributed by atoms with Crippen molar-refractivity contribution in [1.82, 2.24) is 24.0 Å². The predicted molar refractivity (Wildman–Crippen MR) is 108 cm³/mol. The molecule has 0 aliphatic carbocycles. The van der Waals surface area contributed by atoms with Crippen LogP contribution in [0.25, 0.3) is 5.65 Å². The number of amides is 1. The zero-order chi connectivity index (χ0) is 19.5. The summed E-state index contributed by atoms with van der Waals surface area (Å²) in [5, 5.41) is 11.4. The van der Waals surface area contributed by atoms with Gasteiger partial charge in [-0.25, -0.2) is 14.2 Å². The SMILES string of the molecule is O=C(CCn1nc2ccccn2c1=O)Nc1ccnn1Cc1ccccc1Br. The number of carbonyl (C=O) groups is 1. The van der Waals surface area contributed by atoms with Gasteiger partial charge in [0.05, 0.1) is 19.3 Å². The minimum Gasteiger partial charge on any atom is -0.311 e. The van der Waals surface area contributed by atoms with Crippen LogP contribution in [0.15, 0.2) is 70.2 Å². The first-order valence-electron chi connectivity index (χ1n) is 8.71. The number of halogens is 1. The van der Waals surface area contributed by atoms with E-state index in [1.807, 2.05) is 30.3 Å². The number of pyridine rings is 1. The van der Waals surface area contributed by atoms with Crippen molar-refractivity contribution in [3.05, 3.63) is 81.4 Å². The Morgan fingerprint density at radius 1 is 1.07 bits per heavy atom. The molecule has 142 valence electrons. The first kappa shape index (κ1) is 18.2. The van der Waals surface area contributed by atoms with Gasteiger partial charge >= 0.3 is 5.69 Å². The van der Waals surface area contributed by atoms with Gasteiger partial charge in [-0.15, -0.1) is 5.10 Å². The smallest absolute Gasteiger partial charge is 0.311 e. The van der Waals surface area contributed by atoms with Crippen molar-refractivity contribution in [2.24, 2.45) is 0 Å². The number of carbonyl (C=O) groups excluding carboxylic acids is 1. The second-order valence-corrected chi connectivity index (χ2v) is 7.05. The lowest BCUT2D eigenvalue weighted by molar-refractivity contribution is -0.116. The van der Waals surface area contributed by atoms with E-state index in [4.69, 9.17) is 0 Å². The molecular weight excluding hydrogens is 424 g/mol. The number of aryl methyl sites for hydroxylation is 1. The van der Waals surface area contributed by atoms with Crippen LogP contribution >= 0.6 is 15.9 Å². The Kier molecular flexibility index (Phi) is 5.07. The summed E-state index contributed by atoms with van der Waals surface area (Å²) < 4.78 is 5.45. The fraction of sp³-hybridized carbons (Fsp3) is 0.158. The van der Waals surface area contributed by atoms with Gasteiger partial charge in [0.1, 0.15) is 5.82 Å². The van der Waals surface area contributed by atoms with Crippen LogP contribution in [-0.4, -0.2) is 29.9 Å². The van der Waals surface area contributed by atoms with E-state index >= 15 is 0 Å². The molecule has 0 saturated carbocycles. The van der Waals surface area contributed by atoms with Crippen LogP contribution in [0.2, 0.25) is 0 Å². The summed E-state index contributed by atoms with van der Waals surface area (Å²) >= 11 is 3.52. The van der Waals surface area contributed by atoms with Crippen molar-refractivity contribution in [2.45, 2.75) is 19.5 Å². The van der Waals surface area contributed by atoms with Crippen LogP contribution in [0.1, 0.15) is 12.0 Å². The standard InChI is InChI=1S/C19H17BrN6O2/c20-15-6-2-1-5-14(15)13-26-16(8-10-21-26)22-18(27)9-12-25-19(28)24-11-4-3-7-17(24)23-25/h1-8,10-11H,9,12-13H2,(H,22,27). The third-order valence-electron chi connectivity index (χ3n) is 4.30. The molecule has 9 heteroatoms. The third kappa shape index (κ3) is 3.74. The summed E-state index contributed by atoms with van der Waals surface area (Å²) in [7, 11) is 0. The van der Waals surface area contributed by atoms with Crippen molar-refractivity contribution in [2.75, 3.05) is 5.32 Å². The Morgan fingerprint density at radius 3 is 2.71 bits per heavy atom. The number of nitrogens with one attached hydrogen (secondary N) is 1. The molecular formula is C19H17BrN6O2. The lowest BCUT2D eigenvalue weighted by atomic mass is 10.2. The highest BCUT2D eigenvalue weighted by Crippen LogP contribution is 2.18. The number of aromatic nitrogens is 5. The second kappa shape index (κ2) is 7.81. The number of anilines is 1. The molecule has 8 nitrogen and oxygen atoms in total. The van der Waals surface area contributed by atoms with Crippen molar-refractivity contribution in [3.8, 4) is 0 Å². The fourth-order valence-electron chi connectivity index (χ4n) is 2.88. The van der Waals surface area contributed by atoms with Gasteiger partial charge in [-0.1, -0.05) is 40.2 Å². The average Bonchev–Trinajstić information content (AvgIpc) is 3.26. The highest BCUT2D eigenvalue weighted by atomic mass is 79.9. The molecule has 1 N–H and O–H groups in total. The minimum absolute atomic E-state index is 0.129. The molecule has 0 aliphatic heterocycles. The fourth-order valence-corrected chi connectivity index (χ4v) is 3.29. The molecule has 4 aromatic rings. The number of hydrogen-bond donors (Lipinski definition) is 1. The zero-order valence-electron chi connectivity index (χ0n) is 14.8. The predicted octanol–water partition coefficient (Wildman–Crippen LogP) is 2.53. The van der Waals surface area contributed by atoms with Crippen molar-refractivity contribution >= 4 is 33.3 Å². The maximum atomic E-state index is 12.4. The summed E-state index contributed by atoms with van der Waals surface area (Å²) in [4.78, 5) is 24.6. The van der Waals surface area contributed by atoms with E-state index < -0.39 is 0 Å². The highest BCUT2D eigenvalue weighted by molar-refractivity contribution is 9.10. The highest BCUT2D eigenvalue weighted by Gasteiger charge is 2.11. The van der Waals surface area contributed by atoms with E-state index in [1.54, 1.807) is 35.3 Å². The molecule has 1 aromatic carbocycles. The summed E-state index contributed by atoms with van der Waals surface area (Å²) in [5.41, 5.74) is 1.35. The van der Waals surface area contributed by atoms with Gasteiger partial charge in [0, 0.05) is 23.2 Å². The molecule has 4 rings (SSSR count). The first-order valence-corrected chi connectivity index (χ1v) is 9.50. The topological polar surface area (TPSA) is 86.2 Å². The van der Waals surface area contributed by atoms with E-state index in [0.29, 0.717) is 18.0 Å². The van der Waals surface area contributed by atoms with E-state index in [9.17, 15) is 9.59 Å². The zero-order valence-corrected chi connectivity index (χ0v) is 16.4. The summed E-state index contributed by atoms with van der Waals surface area (Å²) in [6.07, 6.45) is 3.42. The molecule has 28 heavy (non-hydrogen) atoms. The monoisotopic (exact) mass is 440 g/mol. The summed E-state index contributed by atoms with van der Waals surface area (Å²) in [6.45, 7) is 0.723. The van der Waals surface area contributed by atoms with Gasteiger partial charge in [0.2, 0.25) is 5.91 Å². The van der Waals surface area contributed by atoms with Gasteiger partial charge in [-0.2, -0.15) is 5.10 Å². The summed E-state index contributed by atoms with van der Waals surface area (Å²) in [5.74, 6) is 0.390. The Morgan fingerprint density at radius 2 is 1.89 bits per heavy atom. The van der Waals surface area contributed by atoms with Crippen LogP contribution in [-0.2, 0) is 17.9 Å². The van der Waals surface area contributed by atoms with Crippen LogP contribution in [0.5, 0.6) is 0 Å². The number of benzene rings is 1. The number of rotatable bonds is 6. The van der Waals surface area contributed by atoms with Crippen LogP contribution in [0.4, 0.5) is 5.82 Å². The molecule has 0 aliphatic rings. The summed E-state index contributed by atoms with van der Waals surface area (Å²) in [6, 6.07) is 14.9. The average molecular weight is 441 g/mol. The number of nitrogens with zero attached hydrogens (tertiary/aromatic N) is 5. The number of hydrogen-bond acceptors (Lipinski definition) is 4. The molecule has 3 heterocycles. The Balaban J connectivity index is 1.42. The van der Waals surface area contributed by atoms with Crippen LogP contribution < -0.4 is 11.0 Å². The first-order chi connectivity index (χ1) is 13.6.